The van der Waals surface area contributed by atoms with Crippen LogP contribution in [0, 0.1) is 0 Å². The molecule has 0 amide bonds. The second-order valence-corrected chi connectivity index (χ2v) is 4.37. The van der Waals surface area contributed by atoms with E-state index in [0.29, 0.717) is 6.61 Å². The van der Waals surface area contributed by atoms with E-state index in [1.165, 1.54) is 14.2 Å². The first-order chi connectivity index (χ1) is 6.52. The van der Waals surface area contributed by atoms with Crippen molar-refractivity contribution < 1.29 is 17.9 Å². The van der Waals surface area contributed by atoms with Gasteiger partial charge in [0.1, 0.15) is 0 Å². The fourth-order valence-electron chi connectivity index (χ4n) is 0.640. The molecule has 0 aromatic rings. The van der Waals surface area contributed by atoms with Crippen molar-refractivity contribution in [1.29, 1.82) is 0 Å². The van der Waals surface area contributed by atoms with Gasteiger partial charge in [0.15, 0.2) is 0 Å². The van der Waals surface area contributed by atoms with Crippen molar-refractivity contribution in [2.24, 2.45) is 0 Å². The van der Waals surface area contributed by atoms with E-state index in [1.807, 2.05) is 0 Å². The van der Waals surface area contributed by atoms with Gasteiger partial charge in [0.25, 0.3) is 10.2 Å². The van der Waals surface area contributed by atoms with Crippen molar-refractivity contribution >= 4 is 10.2 Å². The minimum Gasteiger partial charge on any atom is -0.383 e. The third kappa shape index (κ3) is 7.22. The Morgan fingerprint density at radius 2 is 1.93 bits per heavy atom. The first-order valence-corrected chi connectivity index (χ1v) is 5.76. The molecule has 0 spiro atoms. The molecular weight excluding hydrogens is 208 g/mol. The Balaban J connectivity index is 3.73. The molecule has 0 saturated heterocycles. The maximum absolute atomic E-state index is 11.2. The van der Waals surface area contributed by atoms with Crippen LogP contribution in [0.3, 0.4) is 0 Å². The summed E-state index contributed by atoms with van der Waals surface area (Å²) in [6.07, 6.45) is -0.144. The predicted octanol–water partition coefficient (Wildman–Crippen LogP) is -0.908. The number of rotatable bonds is 8. The fourth-order valence-corrected chi connectivity index (χ4v) is 1.55. The zero-order valence-corrected chi connectivity index (χ0v) is 9.56. The summed E-state index contributed by atoms with van der Waals surface area (Å²) in [6.45, 7) is 2.63. The van der Waals surface area contributed by atoms with Crippen molar-refractivity contribution in [2.75, 3.05) is 33.9 Å². The van der Waals surface area contributed by atoms with Crippen LogP contribution in [-0.4, -0.2) is 48.4 Å². The summed E-state index contributed by atoms with van der Waals surface area (Å²) in [4.78, 5) is 0. The zero-order valence-electron chi connectivity index (χ0n) is 8.74. The summed E-state index contributed by atoms with van der Waals surface area (Å²) in [6, 6.07) is 0. The van der Waals surface area contributed by atoms with E-state index >= 15 is 0 Å². The minimum atomic E-state index is -3.42. The lowest BCUT2D eigenvalue weighted by atomic mass is 10.4. The minimum absolute atomic E-state index is 0.144. The molecule has 0 fully saturated rings. The number of hydrogen-bond acceptors (Lipinski definition) is 4. The molecule has 86 valence electrons. The fraction of sp³-hybridized carbons (Fsp3) is 1.00. The molecule has 0 aliphatic carbocycles. The van der Waals surface area contributed by atoms with E-state index in [4.69, 9.17) is 9.47 Å². The molecule has 6 nitrogen and oxygen atoms in total. The van der Waals surface area contributed by atoms with Crippen LogP contribution in [0.1, 0.15) is 6.92 Å². The highest BCUT2D eigenvalue weighted by molar-refractivity contribution is 7.87. The van der Waals surface area contributed by atoms with E-state index in [1.54, 1.807) is 6.92 Å². The Morgan fingerprint density at radius 1 is 1.29 bits per heavy atom. The highest BCUT2D eigenvalue weighted by atomic mass is 32.2. The molecule has 0 rings (SSSR count). The lowest BCUT2D eigenvalue weighted by Crippen LogP contribution is -2.41. The van der Waals surface area contributed by atoms with Crippen LogP contribution in [0.4, 0.5) is 0 Å². The van der Waals surface area contributed by atoms with E-state index < -0.39 is 10.2 Å². The van der Waals surface area contributed by atoms with Crippen LogP contribution in [0.15, 0.2) is 0 Å². The standard InChI is InChI=1S/C7H18N2O4S/c1-7(13-3)6-9-14(10,11)8-4-5-12-2/h7-9H,4-6H2,1-3H3. The maximum atomic E-state index is 11.2. The lowest BCUT2D eigenvalue weighted by Gasteiger charge is -2.11. The summed E-state index contributed by atoms with van der Waals surface area (Å²) in [5.41, 5.74) is 0. The molecule has 0 aromatic heterocycles. The molecule has 0 radical (unpaired) electrons. The highest BCUT2D eigenvalue weighted by Crippen LogP contribution is 1.85. The van der Waals surface area contributed by atoms with Gasteiger partial charge in [-0.1, -0.05) is 0 Å². The molecule has 0 aliphatic heterocycles. The SMILES string of the molecule is COCCNS(=O)(=O)NCC(C)OC. The Labute approximate surface area is 85.2 Å². The monoisotopic (exact) mass is 226 g/mol. The van der Waals surface area contributed by atoms with Gasteiger partial charge in [0.05, 0.1) is 12.7 Å². The largest absolute Gasteiger partial charge is 0.383 e. The van der Waals surface area contributed by atoms with E-state index in [9.17, 15) is 8.42 Å². The second kappa shape index (κ2) is 7.13. The summed E-state index contributed by atoms with van der Waals surface area (Å²) in [7, 11) is -0.385. The highest BCUT2D eigenvalue weighted by Gasteiger charge is 2.09. The van der Waals surface area contributed by atoms with Gasteiger partial charge in [0, 0.05) is 27.3 Å². The van der Waals surface area contributed by atoms with Crippen LogP contribution < -0.4 is 9.44 Å². The number of ether oxygens (including phenoxy) is 2. The van der Waals surface area contributed by atoms with Crippen LogP contribution in [0.2, 0.25) is 0 Å². The van der Waals surface area contributed by atoms with Crippen LogP contribution in [0.5, 0.6) is 0 Å². The summed E-state index contributed by atoms with van der Waals surface area (Å²) >= 11 is 0. The van der Waals surface area contributed by atoms with Crippen LogP contribution in [0.25, 0.3) is 0 Å². The topological polar surface area (TPSA) is 76.7 Å². The van der Waals surface area contributed by atoms with Gasteiger partial charge in [-0.25, -0.2) is 0 Å². The van der Waals surface area contributed by atoms with Gasteiger partial charge in [-0.2, -0.15) is 17.9 Å². The third-order valence-corrected chi connectivity index (χ3v) is 2.69. The molecule has 0 aromatic carbocycles. The van der Waals surface area contributed by atoms with Crippen LogP contribution >= 0.6 is 0 Å². The normalized spacial score (nSPS) is 14.2. The van der Waals surface area contributed by atoms with Gasteiger partial charge < -0.3 is 9.47 Å². The number of methoxy groups -OCH3 is 2. The Hall–Kier alpha value is -0.210. The third-order valence-electron chi connectivity index (χ3n) is 1.56. The molecular formula is C7H18N2O4S. The quantitative estimate of drug-likeness (QED) is 0.525. The average Bonchev–Trinajstić information content (AvgIpc) is 2.14. The Kier molecular flexibility index (Phi) is 7.02. The van der Waals surface area contributed by atoms with E-state index in [2.05, 4.69) is 9.44 Å². The summed E-state index contributed by atoms with van der Waals surface area (Å²) in [5.74, 6) is 0. The lowest BCUT2D eigenvalue weighted by molar-refractivity contribution is 0.122. The Morgan fingerprint density at radius 3 is 2.43 bits per heavy atom. The van der Waals surface area contributed by atoms with Crippen LogP contribution in [-0.2, 0) is 19.7 Å². The predicted molar refractivity (Wildman–Crippen MR) is 53.3 cm³/mol. The van der Waals surface area contributed by atoms with Gasteiger partial charge in [-0.15, -0.1) is 0 Å². The molecule has 7 heteroatoms. The van der Waals surface area contributed by atoms with Crippen molar-refractivity contribution in [2.45, 2.75) is 13.0 Å². The average molecular weight is 226 g/mol. The summed E-state index contributed by atoms with van der Waals surface area (Å²) in [5, 5.41) is 0. The molecule has 0 heterocycles. The first kappa shape index (κ1) is 13.8. The first-order valence-electron chi connectivity index (χ1n) is 4.28. The van der Waals surface area contributed by atoms with Gasteiger partial charge in [-0.05, 0) is 6.92 Å². The Bertz CT molecular complexity index is 230. The van der Waals surface area contributed by atoms with Crippen molar-refractivity contribution in [1.82, 2.24) is 9.44 Å². The molecule has 2 N–H and O–H groups in total. The zero-order chi connectivity index (χ0) is 11.0. The molecule has 0 aliphatic rings. The number of hydrogen-bond donors (Lipinski definition) is 2. The molecule has 14 heavy (non-hydrogen) atoms. The number of nitrogens with one attached hydrogen (secondary N) is 2. The second-order valence-electron chi connectivity index (χ2n) is 2.79. The van der Waals surface area contributed by atoms with Gasteiger partial charge in [-0.3, -0.25) is 0 Å². The smallest absolute Gasteiger partial charge is 0.277 e. The molecule has 1 atom stereocenters. The maximum Gasteiger partial charge on any atom is 0.277 e. The van der Waals surface area contributed by atoms with Crippen molar-refractivity contribution in [3.05, 3.63) is 0 Å². The summed E-state index contributed by atoms with van der Waals surface area (Å²) < 4.78 is 36.7. The van der Waals surface area contributed by atoms with Gasteiger partial charge in [0.2, 0.25) is 0 Å². The van der Waals surface area contributed by atoms with Crippen molar-refractivity contribution in [3.63, 3.8) is 0 Å². The molecule has 0 saturated carbocycles. The van der Waals surface area contributed by atoms with Crippen molar-refractivity contribution in [3.8, 4) is 0 Å². The van der Waals surface area contributed by atoms with E-state index in [0.717, 1.165) is 0 Å². The van der Waals surface area contributed by atoms with E-state index in [-0.39, 0.29) is 19.2 Å². The molecule has 1 unspecified atom stereocenters. The molecule has 0 bridgehead atoms. The van der Waals surface area contributed by atoms with Gasteiger partial charge >= 0.3 is 0 Å².